The van der Waals surface area contributed by atoms with Gasteiger partial charge in [-0.3, -0.25) is 14.4 Å². The third kappa shape index (κ3) is 1.72. The number of hydrogen-bond acceptors (Lipinski definition) is 3. The first kappa shape index (κ1) is 13.5. The van der Waals surface area contributed by atoms with Gasteiger partial charge in [-0.1, -0.05) is 18.2 Å². The van der Waals surface area contributed by atoms with Gasteiger partial charge in [-0.05, 0) is 42.7 Å². The lowest BCUT2D eigenvalue weighted by atomic mass is 10.1. The van der Waals surface area contributed by atoms with Gasteiger partial charge in [0.05, 0.1) is 16.8 Å². The topological polar surface area (TPSA) is 57.7 Å². The maximum absolute atomic E-state index is 12.6. The molecule has 3 aliphatic rings. The fraction of sp³-hybridized carbons (Fsp3) is 0.211. The zero-order valence-electron chi connectivity index (χ0n) is 12.9. The lowest BCUT2D eigenvalue weighted by Crippen LogP contribution is -2.29. The number of fused-ring (bicyclic) bond motifs is 2. The second-order valence-electron chi connectivity index (χ2n) is 6.50. The summed E-state index contributed by atoms with van der Waals surface area (Å²) < 4.78 is 0. The molecule has 2 aromatic carbocycles. The van der Waals surface area contributed by atoms with Gasteiger partial charge in [0.2, 0.25) is 0 Å². The van der Waals surface area contributed by atoms with Crippen molar-refractivity contribution in [3.05, 3.63) is 64.7 Å². The second-order valence-corrected chi connectivity index (χ2v) is 6.50. The molecule has 5 rings (SSSR count). The van der Waals surface area contributed by atoms with Crippen molar-refractivity contribution in [3.63, 3.8) is 0 Å². The van der Waals surface area contributed by atoms with Gasteiger partial charge in [0.15, 0.2) is 0 Å². The predicted octanol–water partition coefficient (Wildman–Crippen LogP) is 2.61. The average molecular weight is 318 g/mol. The van der Waals surface area contributed by atoms with Crippen LogP contribution in [0.4, 0.5) is 5.69 Å². The number of carbonyl (C=O) groups is 3. The molecule has 1 saturated carbocycles. The Morgan fingerprint density at radius 1 is 0.792 bits per heavy atom. The Morgan fingerprint density at radius 3 is 2.08 bits per heavy atom. The quantitative estimate of drug-likeness (QED) is 0.800. The van der Waals surface area contributed by atoms with Gasteiger partial charge < -0.3 is 4.90 Å². The molecule has 0 saturated heterocycles. The Hall–Kier alpha value is -2.95. The molecule has 3 amide bonds. The summed E-state index contributed by atoms with van der Waals surface area (Å²) in [4.78, 5) is 40.8. The largest absolute Gasteiger partial charge is 0.331 e. The van der Waals surface area contributed by atoms with Crippen molar-refractivity contribution in [1.29, 1.82) is 0 Å². The average Bonchev–Trinajstić information content (AvgIpc) is 3.35. The van der Waals surface area contributed by atoms with E-state index in [1.54, 1.807) is 36.4 Å². The molecule has 24 heavy (non-hydrogen) atoms. The third-order valence-corrected chi connectivity index (χ3v) is 4.97. The molecule has 0 spiro atoms. The van der Waals surface area contributed by atoms with Crippen LogP contribution in [0.25, 0.3) is 0 Å². The maximum Gasteiger partial charge on any atom is 0.266 e. The van der Waals surface area contributed by atoms with Crippen LogP contribution in [0, 0.1) is 0 Å². The van der Waals surface area contributed by atoms with E-state index < -0.39 is 0 Å². The molecule has 1 aliphatic carbocycles. The standard InChI is InChI=1S/C19H14N2O3/c22-17-16-9-13(6-5-11(16)10-20(17)12-7-8-12)21-18(23)14-3-1-2-4-15(14)19(21)24/h1-6,9,12H,7-8,10H2. The van der Waals surface area contributed by atoms with Crippen LogP contribution in [-0.2, 0) is 6.54 Å². The van der Waals surface area contributed by atoms with Crippen LogP contribution in [0.5, 0.6) is 0 Å². The van der Waals surface area contributed by atoms with Crippen molar-refractivity contribution in [2.24, 2.45) is 0 Å². The van der Waals surface area contributed by atoms with Gasteiger partial charge in [-0.15, -0.1) is 0 Å². The van der Waals surface area contributed by atoms with Crippen molar-refractivity contribution in [1.82, 2.24) is 4.90 Å². The summed E-state index contributed by atoms with van der Waals surface area (Å²) in [6, 6.07) is 12.4. The molecule has 0 radical (unpaired) electrons. The molecule has 0 bridgehead atoms. The number of hydrogen-bond donors (Lipinski definition) is 0. The van der Waals surface area contributed by atoms with Crippen LogP contribution >= 0.6 is 0 Å². The van der Waals surface area contributed by atoms with Gasteiger partial charge in [0.1, 0.15) is 0 Å². The van der Waals surface area contributed by atoms with Gasteiger partial charge >= 0.3 is 0 Å². The highest BCUT2D eigenvalue weighted by atomic mass is 16.2. The number of nitrogens with zero attached hydrogens (tertiary/aromatic N) is 2. The monoisotopic (exact) mass is 318 g/mol. The number of rotatable bonds is 2. The van der Waals surface area contributed by atoms with E-state index in [-0.39, 0.29) is 17.7 Å². The second kappa shape index (κ2) is 4.54. The first-order valence-electron chi connectivity index (χ1n) is 8.07. The van der Waals surface area contributed by atoms with E-state index in [1.807, 2.05) is 11.0 Å². The molecule has 0 aromatic heterocycles. The van der Waals surface area contributed by atoms with Crippen LogP contribution < -0.4 is 4.90 Å². The highest BCUT2D eigenvalue weighted by Gasteiger charge is 2.40. The molecule has 1 fully saturated rings. The van der Waals surface area contributed by atoms with Crippen LogP contribution in [-0.4, -0.2) is 28.7 Å². The molecule has 0 N–H and O–H groups in total. The third-order valence-electron chi connectivity index (χ3n) is 4.97. The van der Waals surface area contributed by atoms with E-state index in [1.165, 1.54) is 0 Å². The molecule has 2 aromatic rings. The zero-order valence-corrected chi connectivity index (χ0v) is 12.9. The van der Waals surface area contributed by atoms with E-state index in [0.717, 1.165) is 23.3 Å². The van der Waals surface area contributed by atoms with E-state index in [9.17, 15) is 14.4 Å². The number of amides is 3. The molecular formula is C19H14N2O3. The minimum atomic E-state index is -0.333. The summed E-state index contributed by atoms with van der Waals surface area (Å²) in [5, 5.41) is 0. The van der Waals surface area contributed by atoms with Crippen LogP contribution in [0.15, 0.2) is 42.5 Å². The number of carbonyl (C=O) groups excluding carboxylic acids is 3. The van der Waals surface area contributed by atoms with Gasteiger partial charge in [0.25, 0.3) is 17.7 Å². The summed E-state index contributed by atoms with van der Waals surface area (Å²) in [6.07, 6.45) is 2.12. The Kier molecular flexibility index (Phi) is 2.55. The van der Waals surface area contributed by atoms with Crippen molar-refractivity contribution in [2.45, 2.75) is 25.4 Å². The van der Waals surface area contributed by atoms with E-state index in [0.29, 0.717) is 35.0 Å². The summed E-state index contributed by atoms with van der Waals surface area (Å²) in [5.74, 6) is -0.661. The Bertz CT molecular complexity index is 895. The molecule has 0 atom stereocenters. The van der Waals surface area contributed by atoms with Crippen LogP contribution in [0.3, 0.4) is 0 Å². The smallest absolute Gasteiger partial charge is 0.266 e. The van der Waals surface area contributed by atoms with Gasteiger partial charge in [0, 0.05) is 18.2 Å². The first-order chi connectivity index (χ1) is 11.6. The Labute approximate surface area is 138 Å². The first-order valence-corrected chi connectivity index (χ1v) is 8.07. The van der Waals surface area contributed by atoms with E-state index in [2.05, 4.69) is 0 Å². The summed E-state index contributed by atoms with van der Waals surface area (Å²) >= 11 is 0. The molecule has 5 heteroatoms. The SMILES string of the molecule is O=C1c2ccccc2C(=O)N1c1ccc2c(c1)C(=O)N(C1CC1)C2. The maximum atomic E-state index is 12.6. The lowest BCUT2D eigenvalue weighted by Gasteiger charge is -2.15. The fourth-order valence-corrected chi connectivity index (χ4v) is 3.56. The number of anilines is 1. The van der Waals surface area contributed by atoms with Crippen molar-refractivity contribution in [2.75, 3.05) is 4.90 Å². The minimum absolute atomic E-state index is 0.00552. The summed E-state index contributed by atoms with van der Waals surface area (Å²) in [5.41, 5.74) is 2.86. The van der Waals surface area contributed by atoms with Crippen molar-refractivity contribution in [3.8, 4) is 0 Å². The molecule has 118 valence electrons. The number of benzene rings is 2. The molecular weight excluding hydrogens is 304 g/mol. The summed E-state index contributed by atoms with van der Waals surface area (Å²) in [6.45, 7) is 0.626. The molecule has 2 heterocycles. The van der Waals surface area contributed by atoms with Gasteiger partial charge in [-0.2, -0.15) is 0 Å². The molecule has 2 aliphatic heterocycles. The van der Waals surface area contributed by atoms with Crippen molar-refractivity contribution < 1.29 is 14.4 Å². The highest BCUT2D eigenvalue weighted by molar-refractivity contribution is 6.34. The predicted molar refractivity (Wildman–Crippen MR) is 86.9 cm³/mol. The van der Waals surface area contributed by atoms with Crippen LogP contribution in [0.2, 0.25) is 0 Å². The van der Waals surface area contributed by atoms with Crippen molar-refractivity contribution >= 4 is 23.4 Å². The van der Waals surface area contributed by atoms with Crippen LogP contribution in [0.1, 0.15) is 49.5 Å². The summed E-state index contributed by atoms with van der Waals surface area (Å²) in [7, 11) is 0. The highest BCUT2D eigenvalue weighted by Crippen LogP contribution is 2.37. The van der Waals surface area contributed by atoms with Gasteiger partial charge in [-0.25, -0.2) is 4.90 Å². The fourth-order valence-electron chi connectivity index (χ4n) is 3.56. The lowest BCUT2D eigenvalue weighted by molar-refractivity contribution is 0.0765. The normalized spacial score (nSPS) is 19.1. The molecule has 0 unspecified atom stereocenters. The molecule has 5 nitrogen and oxygen atoms in total. The van der Waals surface area contributed by atoms with E-state index in [4.69, 9.17) is 0 Å². The minimum Gasteiger partial charge on any atom is -0.331 e. The Morgan fingerprint density at radius 2 is 1.46 bits per heavy atom. The zero-order chi connectivity index (χ0) is 16.4. The number of imide groups is 1. The van der Waals surface area contributed by atoms with E-state index >= 15 is 0 Å². The Balaban J connectivity index is 1.55.